The highest BCUT2D eigenvalue weighted by molar-refractivity contribution is 5.79. The predicted molar refractivity (Wildman–Crippen MR) is 96.7 cm³/mol. The largest absolute Gasteiger partial charge is 0.508 e. The number of ether oxygens (including phenoxy) is 2. The van der Waals surface area contributed by atoms with E-state index < -0.39 is 0 Å². The van der Waals surface area contributed by atoms with Gasteiger partial charge in [0.05, 0.1) is 26.2 Å². The Balaban J connectivity index is 2.19. The number of rotatable bonds is 8. The Morgan fingerprint density at radius 1 is 1.12 bits per heavy atom. The van der Waals surface area contributed by atoms with Gasteiger partial charge in [-0.25, -0.2) is 0 Å². The van der Waals surface area contributed by atoms with Gasteiger partial charge in [-0.3, -0.25) is 4.79 Å². The minimum Gasteiger partial charge on any atom is -0.508 e. The minimum atomic E-state index is -0.0699. The molecule has 2 rings (SSSR count). The highest BCUT2D eigenvalue weighted by atomic mass is 16.5. The molecular weight excluding hydrogens is 318 g/mol. The van der Waals surface area contributed by atoms with Crippen LogP contribution in [-0.4, -0.2) is 42.8 Å². The van der Waals surface area contributed by atoms with Crippen LogP contribution < -0.4 is 4.74 Å². The van der Waals surface area contributed by atoms with E-state index in [1.807, 2.05) is 31.2 Å². The molecule has 0 heterocycles. The second-order valence-corrected chi connectivity index (χ2v) is 5.98. The van der Waals surface area contributed by atoms with Crippen LogP contribution in [0.3, 0.4) is 0 Å². The fraction of sp³-hybridized carbons (Fsp3) is 0.350. The summed E-state index contributed by atoms with van der Waals surface area (Å²) in [5, 5.41) is 9.38. The van der Waals surface area contributed by atoms with Crippen molar-refractivity contribution in [2.24, 2.45) is 0 Å². The molecule has 1 amide bonds. The van der Waals surface area contributed by atoms with Crippen LogP contribution in [0.25, 0.3) is 0 Å². The molecule has 0 saturated carbocycles. The highest BCUT2D eigenvalue weighted by Gasteiger charge is 2.22. The van der Waals surface area contributed by atoms with Gasteiger partial charge in [-0.1, -0.05) is 30.3 Å². The maximum absolute atomic E-state index is 12.9. The fourth-order valence-electron chi connectivity index (χ4n) is 2.73. The number of nitrogens with zero attached hydrogens (tertiary/aromatic N) is 1. The molecule has 2 aromatic rings. The summed E-state index contributed by atoms with van der Waals surface area (Å²) in [6, 6.07) is 14.3. The Hall–Kier alpha value is -2.53. The first-order chi connectivity index (χ1) is 12.0. The normalized spacial score (nSPS) is 11.8. The van der Waals surface area contributed by atoms with Gasteiger partial charge in [-0.05, 0) is 30.7 Å². The van der Waals surface area contributed by atoms with Gasteiger partial charge in [0.15, 0.2) is 0 Å². The number of phenols is 1. The van der Waals surface area contributed by atoms with Crippen LogP contribution in [0.1, 0.15) is 18.1 Å². The van der Waals surface area contributed by atoms with E-state index in [0.29, 0.717) is 13.2 Å². The summed E-state index contributed by atoms with van der Waals surface area (Å²) < 4.78 is 10.6. The second-order valence-electron chi connectivity index (χ2n) is 5.98. The highest BCUT2D eigenvalue weighted by Crippen LogP contribution is 2.21. The van der Waals surface area contributed by atoms with E-state index in [2.05, 4.69) is 0 Å². The number of aromatic hydroxyl groups is 1. The van der Waals surface area contributed by atoms with Crippen molar-refractivity contribution in [3.05, 3.63) is 59.7 Å². The Kier molecular flexibility index (Phi) is 6.83. The van der Waals surface area contributed by atoms with E-state index in [1.165, 1.54) is 0 Å². The molecule has 5 heteroatoms. The van der Waals surface area contributed by atoms with Crippen molar-refractivity contribution in [3.63, 3.8) is 0 Å². The van der Waals surface area contributed by atoms with Crippen LogP contribution in [0.2, 0.25) is 0 Å². The third-order valence-corrected chi connectivity index (χ3v) is 4.09. The molecule has 0 bridgehead atoms. The molecule has 0 radical (unpaired) electrons. The van der Waals surface area contributed by atoms with E-state index in [-0.39, 0.29) is 24.1 Å². The summed E-state index contributed by atoms with van der Waals surface area (Å²) in [5.74, 6) is 0.950. The van der Waals surface area contributed by atoms with Crippen LogP contribution in [-0.2, 0) is 22.5 Å². The average Bonchev–Trinajstić information content (AvgIpc) is 2.62. The van der Waals surface area contributed by atoms with Crippen molar-refractivity contribution in [2.75, 3.05) is 20.8 Å². The molecule has 0 aliphatic heterocycles. The van der Waals surface area contributed by atoms with Gasteiger partial charge < -0.3 is 19.5 Å². The Bertz CT molecular complexity index is 684. The molecule has 134 valence electrons. The molecule has 0 aromatic heterocycles. The number of carbonyl (C=O) groups is 1. The number of carbonyl (C=O) groups excluding carboxylic acids is 1. The first-order valence-corrected chi connectivity index (χ1v) is 8.23. The van der Waals surface area contributed by atoms with Gasteiger partial charge in [0.1, 0.15) is 11.5 Å². The molecule has 0 aliphatic rings. The molecule has 0 aliphatic carbocycles. The van der Waals surface area contributed by atoms with Gasteiger partial charge in [0, 0.05) is 19.2 Å². The number of hydrogen-bond acceptors (Lipinski definition) is 4. The number of hydrogen-bond donors (Lipinski definition) is 1. The van der Waals surface area contributed by atoms with E-state index >= 15 is 0 Å². The predicted octanol–water partition coefficient (Wildman–Crippen LogP) is 3.01. The van der Waals surface area contributed by atoms with Crippen LogP contribution >= 0.6 is 0 Å². The lowest BCUT2D eigenvalue weighted by Crippen LogP contribution is -2.41. The maximum Gasteiger partial charge on any atom is 0.227 e. The molecule has 0 fully saturated rings. The first-order valence-electron chi connectivity index (χ1n) is 8.23. The summed E-state index contributed by atoms with van der Waals surface area (Å²) in [6.45, 7) is 2.87. The zero-order chi connectivity index (χ0) is 18.2. The number of methoxy groups -OCH3 is 2. The number of amides is 1. The van der Waals surface area contributed by atoms with Crippen molar-refractivity contribution in [3.8, 4) is 11.5 Å². The number of para-hydroxylation sites is 1. The molecule has 0 spiro atoms. The molecule has 1 N–H and O–H groups in total. The van der Waals surface area contributed by atoms with Gasteiger partial charge in [0.25, 0.3) is 0 Å². The maximum atomic E-state index is 12.9. The van der Waals surface area contributed by atoms with Crippen molar-refractivity contribution in [1.29, 1.82) is 0 Å². The van der Waals surface area contributed by atoms with Gasteiger partial charge in [0.2, 0.25) is 5.91 Å². The van der Waals surface area contributed by atoms with E-state index in [1.54, 1.807) is 43.4 Å². The first kappa shape index (κ1) is 18.8. The second kappa shape index (κ2) is 9.08. The SMILES string of the molecule is COC[C@@H](C)N(Cc1ccccc1OC)C(=O)Cc1ccc(O)cc1. The molecule has 0 unspecified atom stereocenters. The Morgan fingerprint density at radius 3 is 2.44 bits per heavy atom. The molecular formula is C20H25NO4. The lowest BCUT2D eigenvalue weighted by atomic mass is 10.1. The zero-order valence-electron chi connectivity index (χ0n) is 14.9. The third-order valence-electron chi connectivity index (χ3n) is 4.09. The average molecular weight is 343 g/mol. The smallest absolute Gasteiger partial charge is 0.227 e. The van der Waals surface area contributed by atoms with Crippen LogP contribution in [0, 0.1) is 0 Å². The Labute approximate surface area is 148 Å². The summed E-state index contributed by atoms with van der Waals surface area (Å²) >= 11 is 0. The summed E-state index contributed by atoms with van der Waals surface area (Å²) in [6.07, 6.45) is 0.267. The molecule has 5 nitrogen and oxygen atoms in total. The van der Waals surface area contributed by atoms with E-state index in [0.717, 1.165) is 16.9 Å². The van der Waals surface area contributed by atoms with E-state index in [4.69, 9.17) is 9.47 Å². The third kappa shape index (κ3) is 5.22. The standard InChI is InChI=1S/C20H25NO4/c1-15(14-24-2)21(13-17-6-4-5-7-19(17)25-3)20(23)12-16-8-10-18(22)11-9-16/h4-11,15,22H,12-14H2,1-3H3/t15-/m1/s1. The zero-order valence-corrected chi connectivity index (χ0v) is 14.9. The summed E-state index contributed by atoms with van der Waals surface area (Å²) in [5.41, 5.74) is 1.81. The lowest BCUT2D eigenvalue weighted by Gasteiger charge is -2.29. The van der Waals surface area contributed by atoms with Crippen molar-refractivity contribution < 1.29 is 19.4 Å². The molecule has 1 atom stereocenters. The topological polar surface area (TPSA) is 59.0 Å². The quantitative estimate of drug-likeness (QED) is 0.800. The molecule has 0 saturated heterocycles. The lowest BCUT2D eigenvalue weighted by molar-refractivity contribution is -0.134. The van der Waals surface area contributed by atoms with Crippen molar-refractivity contribution in [1.82, 2.24) is 4.90 Å². The molecule has 25 heavy (non-hydrogen) atoms. The Morgan fingerprint density at radius 2 is 1.80 bits per heavy atom. The van der Waals surface area contributed by atoms with Gasteiger partial charge >= 0.3 is 0 Å². The fourth-order valence-corrected chi connectivity index (χ4v) is 2.73. The molecule has 2 aromatic carbocycles. The summed E-state index contributed by atoms with van der Waals surface area (Å²) in [7, 11) is 3.25. The number of phenolic OH excluding ortho intramolecular Hbond substituents is 1. The van der Waals surface area contributed by atoms with Crippen LogP contribution in [0.4, 0.5) is 0 Å². The van der Waals surface area contributed by atoms with Crippen LogP contribution in [0.5, 0.6) is 11.5 Å². The van der Waals surface area contributed by atoms with Crippen LogP contribution in [0.15, 0.2) is 48.5 Å². The van der Waals surface area contributed by atoms with Gasteiger partial charge in [-0.15, -0.1) is 0 Å². The van der Waals surface area contributed by atoms with Crippen molar-refractivity contribution in [2.45, 2.75) is 25.9 Å². The summed E-state index contributed by atoms with van der Waals surface area (Å²) in [4.78, 5) is 14.7. The van der Waals surface area contributed by atoms with Gasteiger partial charge in [-0.2, -0.15) is 0 Å². The number of benzene rings is 2. The van der Waals surface area contributed by atoms with E-state index in [9.17, 15) is 9.90 Å². The minimum absolute atomic E-state index is 0.00106. The van der Waals surface area contributed by atoms with Crippen molar-refractivity contribution >= 4 is 5.91 Å². The monoisotopic (exact) mass is 343 g/mol.